The lowest BCUT2D eigenvalue weighted by atomic mass is 10.1. The van der Waals surface area contributed by atoms with Crippen LogP contribution >= 0.6 is 0 Å². The van der Waals surface area contributed by atoms with Gasteiger partial charge in [-0.3, -0.25) is 14.5 Å². The Morgan fingerprint density at radius 3 is 1.92 bits per heavy atom. The first-order chi connectivity index (χ1) is 11.5. The maximum atomic E-state index is 12.4. The van der Waals surface area contributed by atoms with Gasteiger partial charge < -0.3 is 4.74 Å². The summed E-state index contributed by atoms with van der Waals surface area (Å²) < 4.78 is 5.42. The standard InChI is InChI=1S/C19H17NO4/c1-12(19(23)24-13(2)14-8-4-3-5-9-14)20-17(21)15-10-6-7-11-16(15)18(20)22/h3-13H,1-2H3/t12-,13+/m1/s1. The maximum absolute atomic E-state index is 12.4. The number of hydrogen-bond acceptors (Lipinski definition) is 4. The van der Waals surface area contributed by atoms with Crippen LogP contribution in [0.25, 0.3) is 0 Å². The van der Waals surface area contributed by atoms with Crippen molar-refractivity contribution in [3.8, 4) is 0 Å². The van der Waals surface area contributed by atoms with E-state index >= 15 is 0 Å². The minimum atomic E-state index is -0.983. The van der Waals surface area contributed by atoms with Gasteiger partial charge in [-0.25, -0.2) is 4.79 Å². The number of imide groups is 1. The Morgan fingerprint density at radius 2 is 1.38 bits per heavy atom. The van der Waals surface area contributed by atoms with Gasteiger partial charge in [0.05, 0.1) is 11.1 Å². The third-order valence-electron chi connectivity index (χ3n) is 4.12. The van der Waals surface area contributed by atoms with Crippen LogP contribution in [0.4, 0.5) is 0 Å². The maximum Gasteiger partial charge on any atom is 0.329 e. The first kappa shape index (κ1) is 15.9. The second-order valence-electron chi connectivity index (χ2n) is 5.69. The summed E-state index contributed by atoms with van der Waals surface area (Å²) >= 11 is 0. The summed E-state index contributed by atoms with van der Waals surface area (Å²) in [6, 6.07) is 14.8. The summed E-state index contributed by atoms with van der Waals surface area (Å²) in [5.74, 6) is -1.54. The Labute approximate surface area is 139 Å². The van der Waals surface area contributed by atoms with E-state index in [0.29, 0.717) is 11.1 Å². The SMILES string of the molecule is C[C@H](OC(=O)[C@@H](C)N1C(=O)c2ccccc2C1=O)c1ccccc1. The van der Waals surface area contributed by atoms with Gasteiger partial charge in [0.25, 0.3) is 11.8 Å². The molecule has 2 atom stereocenters. The highest BCUT2D eigenvalue weighted by atomic mass is 16.5. The zero-order valence-corrected chi connectivity index (χ0v) is 13.4. The van der Waals surface area contributed by atoms with Gasteiger partial charge >= 0.3 is 5.97 Å². The molecule has 5 nitrogen and oxygen atoms in total. The third kappa shape index (κ3) is 2.69. The molecule has 3 rings (SSSR count). The molecule has 122 valence electrons. The average molecular weight is 323 g/mol. The van der Waals surface area contributed by atoms with Gasteiger partial charge in [-0.15, -0.1) is 0 Å². The molecular weight excluding hydrogens is 306 g/mol. The highest BCUT2D eigenvalue weighted by Gasteiger charge is 2.41. The van der Waals surface area contributed by atoms with Gasteiger partial charge in [0, 0.05) is 0 Å². The Morgan fingerprint density at radius 1 is 0.875 bits per heavy atom. The Balaban J connectivity index is 1.75. The molecule has 0 unspecified atom stereocenters. The number of amides is 2. The topological polar surface area (TPSA) is 63.7 Å². The van der Waals surface area contributed by atoms with E-state index in [1.165, 1.54) is 6.92 Å². The molecule has 0 aliphatic carbocycles. The molecule has 0 radical (unpaired) electrons. The van der Waals surface area contributed by atoms with E-state index in [1.807, 2.05) is 30.3 Å². The summed E-state index contributed by atoms with van der Waals surface area (Å²) in [5, 5.41) is 0. The minimum Gasteiger partial charge on any atom is -0.456 e. The van der Waals surface area contributed by atoms with Crippen molar-refractivity contribution >= 4 is 17.8 Å². The van der Waals surface area contributed by atoms with E-state index in [4.69, 9.17) is 4.74 Å². The number of ether oxygens (including phenoxy) is 1. The summed E-state index contributed by atoms with van der Waals surface area (Å²) in [7, 11) is 0. The molecule has 2 amide bonds. The summed E-state index contributed by atoms with van der Waals surface area (Å²) in [4.78, 5) is 38.2. The zero-order chi connectivity index (χ0) is 17.3. The number of benzene rings is 2. The van der Waals surface area contributed by atoms with E-state index in [-0.39, 0.29) is 0 Å². The molecule has 0 spiro atoms. The van der Waals surface area contributed by atoms with Crippen molar-refractivity contribution in [3.05, 3.63) is 71.3 Å². The molecule has 0 fully saturated rings. The van der Waals surface area contributed by atoms with Crippen molar-refractivity contribution in [1.82, 2.24) is 4.90 Å². The van der Waals surface area contributed by atoms with E-state index in [1.54, 1.807) is 31.2 Å². The van der Waals surface area contributed by atoms with Gasteiger partial charge in [0.15, 0.2) is 0 Å². The molecule has 0 saturated heterocycles. The quantitative estimate of drug-likeness (QED) is 0.641. The lowest BCUT2D eigenvalue weighted by Crippen LogP contribution is -2.43. The normalized spacial score (nSPS) is 15.8. The Hall–Kier alpha value is -2.95. The van der Waals surface area contributed by atoms with Crippen molar-refractivity contribution in [3.63, 3.8) is 0 Å². The van der Waals surface area contributed by atoms with Gasteiger partial charge in [-0.2, -0.15) is 0 Å². The molecule has 1 aliphatic heterocycles. The van der Waals surface area contributed by atoms with Gasteiger partial charge in [0.2, 0.25) is 0 Å². The number of carbonyl (C=O) groups is 3. The van der Waals surface area contributed by atoms with Crippen LogP contribution in [-0.2, 0) is 9.53 Å². The molecule has 2 aromatic rings. The molecule has 0 saturated carbocycles. The number of fused-ring (bicyclic) bond motifs is 1. The smallest absolute Gasteiger partial charge is 0.329 e. The highest BCUT2D eigenvalue weighted by Crippen LogP contribution is 2.26. The second-order valence-corrected chi connectivity index (χ2v) is 5.69. The number of esters is 1. The van der Waals surface area contributed by atoms with E-state index in [9.17, 15) is 14.4 Å². The monoisotopic (exact) mass is 323 g/mol. The van der Waals surface area contributed by atoms with Gasteiger partial charge in [0.1, 0.15) is 12.1 Å². The highest BCUT2D eigenvalue weighted by molar-refractivity contribution is 6.22. The predicted molar refractivity (Wildman–Crippen MR) is 87.4 cm³/mol. The van der Waals surface area contributed by atoms with E-state index < -0.39 is 29.9 Å². The predicted octanol–water partition coefficient (Wildman–Crippen LogP) is 2.98. The average Bonchev–Trinajstić information content (AvgIpc) is 2.86. The van der Waals surface area contributed by atoms with Crippen LogP contribution in [0.15, 0.2) is 54.6 Å². The molecule has 0 aromatic heterocycles. The van der Waals surface area contributed by atoms with Crippen LogP contribution in [-0.4, -0.2) is 28.7 Å². The first-order valence-corrected chi connectivity index (χ1v) is 7.73. The summed E-state index contributed by atoms with van der Waals surface area (Å²) in [6.45, 7) is 3.25. The third-order valence-corrected chi connectivity index (χ3v) is 4.12. The fraction of sp³-hybridized carbons (Fsp3) is 0.211. The molecule has 1 aliphatic rings. The van der Waals surface area contributed by atoms with Crippen LogP contribution in [0.5, 0.6) is 0 Å². The molecular formula is C19H17NO4. The van der Waals surface area contributed by atoms with E-state index in [2.05, 4.69) is 0 Å². The lowest BCUT2D eigenvalue weighted by molar-refractivity contribution is -0.152. The number of nitrogens with zero attached hydrogens (tertiary/aromatic N) is 1. The minimum absolute atomic E-state index is 0.318. The van der Waals surface area contributed by atoms with Gasteiger partial charge in [-0.05, 0) is 31.5 Å². The number of rotatable bonds is 4. The summed E-state index contributed by atoms with van der Waals surface area (Å²) in [5.41, 5.74) is 1.48. The molecule has 1 heterocycles. The molecule has 2 aromatic carbocycles. The van der Waals surface area contributed by atoms with Crippen LogP contribution in [0, 0.1) is 0 Å². The first-order valence-electron chi connectivity index (χ1n) is 7.73. The molecule has 24 heavy (non-hydrogen) atoms. The largest absolute Gasteiger partial charge is 0.456 e. The molecule has 0 N–H and O–H groups in total. The van der Waals surface area contributed by atoms with Crippen LogP contribution < -0.4 is 0 Å². The van der Waals surface area contributed by atoms with Crippen molar-refractivity contribution in [1.29, 1.82) is 0 Å². The Bertz CT molecular complexity index is 765. The summed E-state index contributed by atoms with van der Waals surface area (Å²) in [6.07, 6.45) is -0.462. The molecule has 5 heteroatoms. The molecule has 0 bridgehead atoms. The number of hydrogen-bond donors (Lipinski definition) is 0. The Kier molecular flexibility index (Phi) is 4.16. The van der Waals surface area contributed by atoms with Crippen molar-refractivity contribution < 1.29 is 19.1 Å². The van der Waals surface area contributed by atoms with Crippen LogP contribution in [0.1, 0.15) is 46.2 Å². The van der Waals surface area contributed by atoms with Gasteiger partial charge in [-0.1, -0.05) is 42.5 Å². The van der Waals surface area contributed by atoms with E-state index in [0.717, 1.165) is 10.5 Å². The van der Waals surface area contributed by atoms with Crippen molar-refractivity contribution in [2.75, 3.05) is 0 Å². The second kappa shape index (κ2) is 6.28. The van der Waals surface area contributed by atoms with Crippen LogP contribution in [0.3, 0.4) is 0 Å². The van der Waals surface area contributed by atoms with Crippen LogP contribution in [0.2, 0.25) is 0 Å². The number of carbonyl (C=O) groups excluding carboxylic acids is 3. The lowest BCUT2D eigenvalue weighted by Gasteiger charge is -2.23. The fourth-order valence-electron chi connectivity index (χ4n) is 2.73. The van der Waals surface area contributed by atoms with Crippen molar-refractivity contribution in [2.24, 2.45) is 0 Å². The fourth-order valence-corrected chi connectivity index (χ4v) is 2.73. The zero-order valence-electron chi connectivity index (χ0n) is 13.4. The van der Waals surface area contributed by atoms with Crippen molar-refractivity contribution in [2.45, 2.75) is 26.0 Å².